The Morgan fingerprint density at radius 2 is 1.85 bits per heavy atom. The molecule has 134 valence electrons. The zero-order valence-electron chi connectivity index (χ0n) is 14.8. The fourth-order valence-corrected chi connectivity index (χ4v) is 2.80. The molecule has 26 heavy (non-hydrogen) atoms. The summed E-state index contributed by atoms with van der Waals surface area (Å²) in [4.78, 5) is 10.8. The van der Waals surface area contributed by atoms with Crippen LogP contribution in [0.4, 0.5) is 5.69 Å². The first kappa shape index (κ1) is 18.5. The van der Waals surface area contributed by atoms with Crippen molar-refractivity contribution in [1.82, 2.24) is 9.97 Å². The van der Waals surface area contributed by atoms with Gasteiger partial charge in [-0.1, -0.05) is 23.2 Å². The number of ether oxygens (including phenoxy) is 1. The smallest absolute Gasteiger partial charge is 0.150 e. The number of hydrogen-bond donors (Lipinski definition) is 0. The molecule has 0 spiro atoms. The number of rotatable bonds is 5. The van der Waals surface area contributed by atoms with Gasteiger partial charge in [-0.2, -0.15) is 0 Å². The summed E-state index contributed by atoms with van der Waals surface area (Å²) in [5.74, 6) is 2.11. The van der Waals surface area contributed by atoms with Gasteiger partial charge in [-0.05, 0) is 50.2 Å². The first-order chi connectivity index (χ1) is 12.5. The Kier molecular flexibility index (Phi) is 5.64. The summed E-state index contributed by atoms with van der Waals surface area (Å²) >= 11 is 12.1. The second kappa shape index (κ2) is 7.94. The highest BCUT2D eigenvalue weighted by Gasteiger charge is 2.12. The molecule has 3 aromatic rings. The average Bonchev–Trinajstić information content (AvgIpc) is 2.64. The molecule has 2 aromatic carbocycles. The molecule has 4 nitrogen and oxygen atoms in total. The Bertz CT molecular complexity index is 931. The molecule has 0 N–H and O–H groups in total. The molecule has 0 saturated heterocycles. The fourth-order valence-electron chi connectivity index (χ4n) is 2.52. The van der Waals surface area contributed by atoms with Crippen LogP contribution < -0.4 is 9.64 Å². The van der Waals surface area contributed by atoms with Gasteiger partial charge < -0.3 is 9.64 Å². The normalized spacial score (nSPS) is 10.7. The van der Waals surface area contributed by atoms with E-state index in [9.17, 15) is 0 Å². The molecule has 0 atom stereocenters. The second-order valence-electron chi connectivity index (χ2n) is 5.86. The molecule has 0 saturated carbocycles. The van der Waals surface area contributed by atoms with Gasteiger partial charge in [0.05, 0.1) is 21.4 Å². The van der Waals surface area contributed by atoms with E-state index in [1.165, 1.54) is 0 Å². The van der Waals surface area contributed by atoms with E-state index in [0.717, 1.165) is 35.1 Å². The summed E-state index contributed by atoms with van der Waals surface area (Å²) in [5, 5.41) is 0.960. The van der Waals surface area contributed by atoms with Crippen molar-refractivity contribution < 1.29 is 4.74 Å². The first-order valence-electron chi connectivity index (χ1n) is 8.26. The first-order valence-corrected chi connectivity index (χ1v) is 9.01. The third kappa shape index (κ3) is 4.09. The van der Waals surface area contributed by atoms with E-state index in [1.807, 2.05) is 32.2 Å². The molecular formula is C20H19Cl2N3O. The lowest BCUT2D eigenvalue weighted by Crippen LogP contribution is -2.16. The van der Waals surface area contributed by atoms with E-state index in [0.29, 0.717) is 15.8 Å². The Balaban J connectivity index is 2.00. The van der Waals surface area contributed by atoms with Gasteiger partial charge in [-0.15, -0.1) is 0 Å². The van der Waals surface area contributed by atoms with Gasteiger partial charge >= 0.3 is 0 Å². The van der Waals surface area contributed by atoms with Crippen LogP contribution in [0.25, 0.3) is 11.3 Å². The van der Waals surface area contributed by atoms with Gasteiger partial charge in [0, 0.05) is 31.4 Å². The predicted octanol–water partition coefficient (Wildman–Crippen LogP) is 6.01. The minimum atomic E-state index is 0.461. The van der Waals surface area contributed by atoms with Crippen LogP contribution in [0.15, 0.2) is 48.7 Å². The molecule has 0 bridgehead atoms. The topological polar surface area (TPSA) is 38.2 Å². The Labute approximate surface area is 163 Å². The summed E-state index contributed by atoms with van der Waals surface area (Å²) in [6, 6.07) is 13.1. The minimum Gasteiger partial charge on any atom is -0.455 e. The van der Waals surface area contributed by atoms with Crippen LogP contribution in [0.3, 0.4) is 0 Å². The van der Waals surface area contributed by atoms with Crippen LogP contribution in [0.5, 0.6) is 11.5 Å². The molecule has 0 aliphatic rings. The van der Waals surface area contributed by atoms with Gasteiger partial charge in [-0.3, -0.25) is 0 Å². The summed E-state index contributed by atoms with van der Waals surface area (Å²) in [7, 11) is 2.02. The van der Waals surface area contributed by atoms with Gasteiger partial charge in [0.25, 0.3) is 0 Å². The molecule has 0 aliphatic heterocycles. The maximum Gasteiger partial charge on any atom is 0.150 e. The van der Waals surface area contributed by atoms with Gasteiger partial charge in [-0.25, -0.2) is 9.97 Å². The van der Waals surface area contributed by atoms with E-state index >= 15 is 0 Å². The van der Waals surface area contributed by atoms with E-state index in [4.69, 9.17) is 27.9 Å². The lowest BCUT2D eigenvalue weighted by molar-refractivity contribution is 0.482. The molecule has 0 aliphatic carbocycles. The zero-order valence-corrected chi connectivity index (χ0v) is 16.3. The Morgan fingerprint density at radius 1 is 1.04 bits per heavy atom. The molecule has 0 fully saturated rings. The third-order valence-corrected chi connectivity index (χ3v) is 4.77. The lowest BCUT2D eigenvalue weighted by atomic mass is 10.1. The lowest BCUT2D eigenvalue weighted by Gasteiger charge is -2.21. The number of aromatic nitrogens is 2. The largest absolute Gasteiger partial charge is 0.455 e. The quantitative estimate of drug-likeness (QED) is 0.537. The molecule has 0 radical (unpaired) electrons. The van der Waals surface area contributed by atoms with Crippen LogP contribution in [0.1, 0.15) is 12.7 Å². The van der Waals surface area contributed by atoms with Crippen molar-refractivity contribution in [3.05, 3.63) is 64.5 Å². The minimum absolute atomic E-state index is 0.461. The maximum atomic E-state index is 6.09. The standard InChI is InChI=1S/C20H19Cl2N3O/c1-4-25(3)19-11-14(18-9-10-23-13(2)24-18)5-8-20(19)26-15-6-7-16(21)17(22)12-15/h5-12H,4H2,1-3H3. The number of benzene rings is 2. The van der Waals surface area contributed by atoms with Crippen LogP contribution in [0, 0.1) is 6.92 Å². The SMILES string of the molecule is CCN(C)c1cc(-c2ccnc(C)n2)ccc1Oc1ccc(Cl)c(Cl)c1. The van der Waals surface area contributed by atoms with Crippen molar-refractivity contribution in [3.8, 4) is 22.8 Å². The molecule has 3 rings (SSSR count). The summed E-state index contributed by atoms with van der Waals surface area (Å²) in [6.45, 7) is 4.80. The van der Waals surface area contributed by atoms with E-state index in [-0.39, 0.29) is 0 Å². The van der Waals surface area contributed by atoms with Crippen molar-refractivity contribution in [2.24, 2.45) is 0 Å². The van der Waals surface area contributed by atoms with Crippen LogP contribution in [-0.2, 0) is 0 Å². The number of anilines is 1. The highest BCUT2D eigenvalue weighted by atomic mass is 35.5. The van der Waals surface area contributed by atoms with Crippen LogP contribution in [0.2, 0.25) is 10.0 Å². The van der Waals surface area contributed by atoms with Crippen molar-refractivity contribution >= 4 is 28.9 Å². The van der Waals surface area contributed by atoms with Crippen LogP contribution in [-0.4, -0.2) is 23.6 Å². The highest BCUT2D eigenvalue weighted by Crippen LogP contribution is 2.37. The maximum absolute atomic E-state index is 6.09. The van der Waals surface area contributed by atoms with E-state index in [2.05, 4.69) is 27.9 Å². The summed E-state index contributed by atoms with van der Waals surface area (Å²) < 4.78 is 6.07. The van der Waals surface area contributed by atoms with Gasteiger partial charge in [0.2, 0.25) is 0 Å². The Morgan fingerprint density at radius 3 is 2.54 bits per heavy atom. The highest BCUT2D eigenvalue weighted by molar-refractivity contribution is 6.42. The van der Waals surface area contributed by atoms with Gasteiger partial charge in [0.1, 0.15) is 11.6 Å². The zero-order chi connectivity index (χ0) is 18.7. The molecular weight excluding hydrogens is 369 g/mol. The predicted molar refractivity (Wildman–Crippen MR) is 108 cm³/mol. The molecule has 1 heterocycles. The molecule has 6 heteroatoms. The fraction of sp³-hybridized carbons (Fsp3) is 0.200. The Hall–Kier alpha value is -2.30. The number of nitrogens with zero attached hydrogens (tertiary/aromatic N) is 3. The van der Waals surface area contributed by atoms with Crippen molar-refractivity contribution in [2.75, 3.05) is 18.5 Å². The molecule has 0 unspecified atom stereocenters. The van der Waals surface area contributed by atoms with E-state index < -0.39 is 0 Å². The summed E-state index contributed by atoms with van der Waals surface area (Å²) in [6.07, 6.45) is 1.76. The molecule has 0 amide bonds. The van der Waals surface area contributed by atoms with E-state index in [1.54, 1.807) is 24.4 Å². The monoisotopic (exact) mass is 387 g/mol. The third-order valence-electron chi connectivity index (χ3n) is 4.04. The number of aryl methyl sites for hydroxylation is 1. The average molecular weight is 388 g/mol. The molecule has 1 aromatic heterocycles. The number of hydrogen-bond acceptors (Lipinski definition) is 4. The van der Waals surface area contributed by atoms with Crippen LogP contribution >= 0.6 is 23.2 Å². The second-order valence-corrected chi connectivity index (χ2v) is 6.68. The van der Waals surface area contributed by atoms with Crippen molar-refractivity contribution in [3.63, 3.8) is 0 Å². The van der Waals surface area contributed by atoms with Gasteiger partial charge in [0.15, 0.2) is 5.75 Å². The van der Waals surface area contributed by atoms with Crippen molar-refractivity contribution in [2.45, 2.75) is 13.8 Å². The summed E-state index contributed by atoms with van der Waals surface area (Å²) in [5.41, 5.74) is 2.85. The number of halogens is 2. The van der Waals surface area contributed by atoms with Crippen molar-refractivity contribution in [1.29, 1.82) is 0 Å².